The summed E-state index contributed by atoms with van der Waals surface area (Å²) in [5, 5.41) is 5.46. The molecule has 170 valence electrons. The molecule has 1 unspecified atom stereocenters. The molecule has 5 rings (SSSR count). The van der Waals surface area contributed by atoms with Crippen LogP contribution in [0.15, 0.2) is 29.6 Å². The number of hydrogen-bond acceptors (Lipinski definition) is 3. The van der Waals surface area contributed by atoms with E-state index >= 15 is 0 Å². The number of benzene rings is 1. The van der Waals surface area contributed by atoms with Crippen molar-refractivity contribution in [3.63, 3.8) is 0 Å². The van der Waals surface area contributed by atoms with Crippen molar-refractivity contribution in [2.24, 2.45) is 5.92 Å². The molecule has 2 heterocycles. The van der Waals surface area contributed by atoms with Crippen LogP contribution in [0.5, 0.6) is 0 Å². The number of carbonyl (C=O) groups excluding carboxylic acids is 1. The summed E-state index contributed by atoms with van der Waals surface area (Å²) in [5.74, 6) is 0.838. The van der Waals surface area contributed by atoms with Crippen molar-refractivity contribution >= 4 is 28.3 Å². The molecular formula is C26H32FN3OS. The number of imidazole rings is 1. The Morgan fingerprint density at radius 3 is 2.50 bits per heavy atom. The molecule has 1 amide bonds. The van der Waals surface area contributed by atoms with Gasteiger partial charge in [-0.3, -0.25) is 4.79 Å². The van der Waals surface area contributed by atoms with E-state index in [1.54, 1.807) is 23.5 Å². The standard InChI is InChI=1S/C26H32FN3OS/c1-17-14-15-32-24(17)25-29-21-13-12-19(27)16-22(21)30(25)23(18-8-4-2-5-9-18)26(31)28-20-10-6-3-7-11-20/h12-16,18,20,23H,2-11H2,1H3,(H,28,31). The number of hydrogen-bond donors (Lipinski definition) is 1. The smallest absolute Gasteiger partial charge is 0.243 e. The van der Waals surface area contributed by atoms with Gasteiger partial charge in [-0.05, 0) is 73.7 Å². The highest BCUT2D eigenvalue weighted by Crippen LogP contribution is 2.40. The number of aromatic nitrogens is 2. The first-order valence-corrected chi connectivity index (χ1v) is 13.0. The van der Waals surface area contributed by atoms with E-state index in [0.29, 0.717) is 0 Å². The maximum Gasteiger partial charge on any atom is 0.243 e. The van der Waals surface area contributed by atoms with Crippen LogP contribution in [0.3, 0.4) is 0 Å². The molecule has 32 heavy (non-hydrogen) atoms. The van der Waals surface area contributed by atoms with E-state index in [2.05, 4.69) is 28.3 Å². The summed E-state index contributed by atoms with van der Waals surface area (Å²) < 4.78 is 16.5. The lowest BCUT2D eigenvalue weighted by Gasteiger charge is -2.33. The largest absolute Gasteiger partial charge is 0.352 e. The fourth-order valence-electron chi connectivity index (χ4n) is 5.64. The maximum atomic E-state index is 14.4. The van der Waals surface area contributed by atoms with Crippen LogP contribution in [-0.2, 0) is 4.79 Å². The number of thiophene rings is 1. The molecule has 0 aliphatic heterocycles. The van der Waals surface area contributed by atoms with Gasteiger partial charge in [0.05, 0.1) is 15.9 Å². The van der Waals surface area contributed by atoms with Gasteiger partial charge in [0, 0.05) is 6.04 Å². The molecule has 1 N–H and O–H groups in total. The van der Waals surface area contributed by atoms with Gasteiger partial charge in [0.2, 0.25) is 5.91 Å². The lowest BCUT2D eigenvalue weighted by molar-refractivity contribution is -0.127. The molecule has 2 aliphatic carbocycles. The number of rotatable bonds is 5. The number of nitrogens with one attached hydrogen (secondary N) is 1. The third kappa shape index (κ3) is 4.21. The normalized spacial score (nSPS) is 19.3. The summed E-state index contributed by atoms with van der Waals surface area (Å²) in [7, 11) is 0. The van der Waals surface area contributed by atoms with E-state index in [4.69, 9.17) is 4.98 Å². The van der Waals surface area contributed by atoms with Crippen molar-refractivity contribution in [2.75, 3.05) is 0 Å². The van der Waals surface area contributed by atoms with Crippen molar-refractivity contribution in [2.45, 2.75) is 83.2 Å². The van der Waals surface area contributed by atoms with Gasteiger partial charge in [0.1, 0.15) is 11.9 Å². The average Bonchev–Trinajstić information content (AvgIpc) is 3.38. The molecule has 2 aromatic heterocycles. The number of fused-ring (bicyclic) bond motifs is 1. The quantitative estimate of drug-likeness (QED) is 0.463. The molecule has 3 aromatic rings. The van der Waals surface area contributed by atoms with Gasteiger partial charge in [-0.1, -0.05) is 38.5 Å². The van der Waals surface area contributed by atoms with E-state index < -0.39 is 0 Å². The Morgan fingerprint density at radius 1 is 1.09 bits per heavy atom. The van der Waals surface area contributed by atoms with Gasteiger partial charge in [-0.25, -0.2) is 9.37 Å². The van der Waals surface area contributed by atoms with Crippen LogP contribution in [0, 0.1) is 18.7 Å². The Bertz CT molecular complexity index is 1090. The van der Waals surface area contributed by atoms with Gasteiger partial charge in [0.25, 0.3) is 0 Å². The second-order valence-corrected chi connectivity index (χ2v) is 10.5. The van der Waals surface area contributed by atoms with Crippen LogP contribution in [-0.4, -0.2) is 21.5 Å². The minimum absolute atomic E-state index is 0.0859. The Hall–Kier alpha value is -2.21. The zero-order chi connectivity index (χ0) is 22.1. The van der Waals surface area contributed by atoms with Crippen molar-refractivity contribution in [1.82, 2.24) is 14.9 Å². The highest BCUT2D eigenvalue weighted by Gasteiger charge is 2.35. The second kappa shape index (κ2) is 9.34. The van der Waals surface area contributed by atoms with Crippen molar-refractivity contribution in [1.29, 1.82) is 0 Å². The predicted molar refractivity (Wildman–Crippen MR) is 128 cm³/mol. The molecule has 0 radical (unpaired) electrons. The number of amides is 1. The molecule has 2 saturated carbocycles. The van der Waals surface area contributed by atoms with Gasteiger partial charge in [-0.15, -0.1) is 11.3 Å². The number of halogens is 1. The molecule has 0 spiro atoms. The van der Waals surface area contributed by atoms with Gasteiger partial charge < -0.3 is 9.88 Å². The Kier molecular flexibility index (Phi) is 6.31. The van der Waals surface area contributed by atoms with Crippen LogP contribution < -0.4 is 5.32 Å². The first-order chi connectivity index (χ1) is 15.6. The minimum Gasteiger partial charge on any atom is -0.352 e. The summed E-state index contributed by atoms with van der Waals surface area (Å²) >= 11 is 1.64. The van der Waals surface area contributed by atoms with Crippen LogP contribution in [0.25, 0.3) is 21.7 Å². The van der Waals surface area contributed by atoms with Crippen LogP contribution in [0.2, 0.25) is 0 Å². The van der Waals surface area contributed by atoms with E-state index in [1.807, 2.05) is 0 Å². The molecule has 2 aliphatic rings. The number of nitrogens with zero attached hydrogens (tertiary/aromatic N) is 2. The first kappa shape index (κ1) is 21.6. The number of aryl methyl sites for hydroxylation is 1. The molecule has 2 fully saturated rings. The molecule has 1 atom stereocenters. The fourth-order valence-corrected chi connectivity index (χ4v) is 6.55. The average molecular weight is 454 g/mol. The van der Waals surface area contributed by atoms with Crippen molar-refractivity contribution in [3.8, 4) is 10.7 Å². The fraction of sp³-hybridized carbons (Fsp3) is 0.538. The molecule has 0 saturated heterocycles. The van der Waals surface area contributed by atoms with E-state index in [-0.39, 0.29) is 29.7 Å². The summed E-state index contributed by atoms with van der Waals surface area (Å²) in [4.78, 5) is 19.9. The molecule has 6 heteroatoms. The minimum atomic E-state index is -0.361. The van der Waals surface area contributed by atoms with Gasteiger partial charge in [-0.2, -0.15) is 0 Å². The van der Waals surface area contributed by atoms with E-state index in [1.165, 1.54) is 31.7 Å². The zero-order valence-electron chi connectivity index (χ0n) is 18.8. The predicted octanol–water partition coefficient (Wildman–Crippen LogP) is 6.78. The Labute approximate surface area is 193 Å². The lowest BCUT2D eigenvalue weighted by atomic mass is 9.82. The highest BCUT2D eigenvalue weighted by molar-refractivity contribution is 7.13. The summed E-state index contributed by atoms with van der Waals surface area (Å²) in [6, 6.07) is 6.73. The highest BCUT2D eigenvalue weighted by atomic mass is 32.1. The van der Waals surface area contributed by atoms with Crippen LogP contribution in [0.4, 0.5) is 4.39 Å². The van der Waals surface area contributed by atoms with E-state index in [9.17, 15) is 9.18 Å². The van der Waals surface area contributed by atoms with Gasteiger partial charge in [0.15, 0.2) is 5.82 Å². The van der Waals surface area contributed by atoms with Crippen LogP contribution in [0.1, 0.15) is 75.8 Å². The monoisotopic (exact) mass is 453 g/mol. The van der Waals surface area contributed by atoms with Crippen molar-refractivity contribution in [3.05, 3.63) is 41.0 Å². The van der Waals surface area contributed by atoms with Crippen molar-refractivity contribution < 1.29 is 9.18 Å². The third-order valence-electron chi connectivity index (χ3n) is 7.31. The molecule has 4 nitrogen and oxygen atoms in total. The molecule has 0 bridgehead atoms. The molecule has 1 aromatic carbocycles. The Balaban J connectivity index is 1.64. The van der Waals surface area contributed by atoms with E-state index in [0.717, 1.165) is 65.8 Å². The first-order valence-electron chi connectivity index (χ1n) is 12.1. The van der Waals surface area contributed by atoms with Crippen LogP contribution >= 0.6 is 11.3 Å². The SMILES string of the molecule is Cc1ccsc1-c1nc2ccc(F)cc2n1C(C(=O)NC1CCCCC1)C1CCCCC1. The summed E-state index contributed by atoms with van der Waals surface area (Å²) in [5.41, 5.74) is 2.62. The number of carbonyl (C=O) groups is 1. The van der Waals surface area contributed by atoms with Gasteiger partial charge >= 0.3 is 0 Å². The molecular weight excluding hydrogens is 421 g/mol. The maximum absolute atomic E-state index is 14.4. The summed E-state index contributed by atoms with van der Waals surface area (Å²) in [6.45, 7) is 2.08. The lowest BCUT2D eigenvalue weighted by Crippen LogP contribution is -2.43. The Morgan fingerprint density at radius 2 is 1.81 bits per heavy atom. The summed E-state index contributed by atoms with van der Waals surface area (Å²) in [6.07, 6.45) is 11.3. The second-order valence-electron chi connectivity index (χ2n) is 9.56. The zero-order valence-corrected chi connectivity index (χ0v) is 19.6. The topological polar surface area (TPSA) is 46.9 Å². The third-order valence-corrected chi connectivity index (χ3v) is 8.32.